The highest BCUT2D eigenvalue weighted by atomic mass is 79.9. The van der Waals surface area contributed by atoms with Gasteiger partial charge in [-0.05, 0) is 22.0 Å². The van der Waals surface area contributed by atoms with Crippen molar-refractivity contribution < 1.29 is 8.42 Å². The summed E-state index contributed by atoms with van der Waals surface area (Å²) in [5.41, 5.74) is 5.70. The lowest BCUT2D eigenvalue weighted by molar-refractivity contribution is 0.595. The number of nitrogens with two attached hydrogens (primary N) is 1. The first-order valence-electron chi connectivity index (χ1n) is 3.56. The molecule has 1 aromatic rings. The summed E-state index contributed by atoms with van der Waals surface area (Å²) in [5, 5.41) is 1.89. The van der Waals surface area contributed by atoms with Crippen molar-refractivity contribution in [2.75, 3.05) is 12.0 Å². The first kappa shape index (κ1) is 11.2. The zero-order valence-electron chi connectivity index (χ0n) is 7.03. The van der Waals surface area contributed by atoms with Crippen molar-refractivity contribution in [3.05, 3.63) is 20.8 Å². The minimum Gasteiger partial charge on any atom is -0.322 e. The van der Waals surface area contributed by atoms with Crippen LogP contribution in [0.3, 0.4) is 0 Å². The molecular formula is C7H10BrNO2S2. The van der Waals surface area contributed by atoms with E-state index < -0.39 is 15.9 Å². The van der Waals surface area contributed by atoms with Gasteiger partial charge in [0.2, 0.25) is 0 Å². The average molecular weight is 284 g/mol. The van der Waals surface area contributed by atoms with E-state index >= 15 is 0 Å². The van der Waals surface area contributed by atoms with Crippen LogP contribution in [0.2, 0.25) is 0 Å². The molecule has 1 unspecified atom stereocenters. The highest BCUT2D eigenvalue weighted by Crippen LogP contribution is 2.24. The van der Waals surface area contributed by atoms with E-state index in [0.29, 0.717) is 0 Å². The number of halogens is 1. The van der Waals surface area contributed by atoms with Gasteiger partial charge in [0.05, 0.1) is 11.8 Å². The van der Waals surface area contributed by atoms with Crippen LogP contribution < -0.4 is 5.73 Å². The summed E-state index contributed by atoms with van der Waals surface area (Å²) in [7, 11) is -3.00. The van der Waals surface area contributed by atoms with Gasteiger partial charge in [-0.15, -0.1) is 11.3 Å². The predicted molar refractivity (Wildman–Crippen MR) is 58.7 cm³/mol. The number of hydrogen-bond acceptors (Lipinski definition) is 4. The fraction of sp³-hybridized carbons (Fsp3) is 0.429. The van der Waals surface area contributed by atoms with Crippen molar-refractivity contribution in [1.82, 2.24) is 0 Å². The Bertz CT molecular complexity index is 385. The molecule has 13 heavy (non-hydrogen) atoms. The maximum atomic E-state index is 10.9. The Hall–Kier alpha value is 0.0900. The first-order valence-corrected chi connectivity index (χ1v) is 7.29. The minimum absolute atomic E-state index is 0.0000463. The van der Waals surface area contributed by atoms with Crippen LogP contribution in [-0.4, -0.2) is 20.4 Å². The Labute approximate surface area is 90.0 Å². The van der Waals surface area contributed by atoms with Crippen molar-refractivity contribution in [2.24, 2.45) is 5.73 Å². The van der Waals surface area contributed by atoms with E-state index in [2.05, 4.69) is 15.9 Å². The number of hydrogen-bond donors (Lipinski definition) is 1. The molecule has 0 amide bonds. The van der Waals surface area contributed by atoms with Crippen LogP contribution in [0.5, 0.6) is 0 Å². The van der Waals surface area contributed by atoms with Gasteiger partial charge in [-0.3, -0.25) is 0 Å². The summed E-state index contributed by atoms with van der Waals surface area (Å²) in [6.45, 7) is 0. The van der Waals surface area contributed by atoms with Crippen LogP contribution in [0.1, 0.15) is 10.9 Å². The van der Waals surface area contributed by atoms with Gasteiger partial charge in [0.15, 0.2) is 0 Å². The molecule has 0 aliphatic carbocycles. The van der Waals surface area contributed by atoms with Crippen molar-refractivity contribution in [3.63, 3.8) is 0 Å². The predicted octanol–water partition coefficient (Wildman–Crippen LogP) is 1.55. The second-order valence-electron chi connectivity index (χ2n) is 2.87. The van der Waals surface area contributed by atoms with E-state index in [9.17, 15) is 8.42 Å². The first-order chi connectivity index (χ1) is 5.88. The Morgan fingerprint density at radius 1 is 1.69 bits per heavy atom. The molecular weight excluding hydrogens is 274 g/mol. The summed E-state index contributed by atoms with van der Waals surface area (Å²) in [6.07, 6.45) is 1.19. The molecule has 1 atom stereocenters. The van der Waals surface area contributed by atoms with Gasteiger partial charge < -0.3 is 5.73 Å². The minimum atomic E-state index is -3.00. The molecule has 0 aromatic carbocycles. The zero-order chi connectivity index (χ0) is 10.1. The Morgan fingerprint density at radius 3 is 2.69 bits per heavy atom. The van der Waals surface area contributed by atoms with Gasteiger partial charge in [-0.2, -0.15) is 0 Å². The quantitative estimate of drug-likeness (QED) is 0.916. The van der Waals surface area contributed by atoms with Crippen LogP contribution in [-0.2, 0) is 9.84 Å². The molecule has 6 heteroatoms. The molecule has 74 valence electrons. The maximum Gasteiger partial charge on any atom is 0.149 e. The second kappa shape index (κ2) is 4.08. The maximum absolute atomic E-state index is 10.9. The molecule has 2 N–H and O–H groups in total. The Morgan fingerprint density at radius 2 is 2.31 bits per heavy atom. The Kier molecular flexibility index (Phi) is 3.50. The van der Waals surface area contributed by atoms with Gasteiger partial charge in [-0.1, -0.05) is 0 Å². The van der Waals surface area contributed by atoms with Crippen molar-refractivity contribution in [2.45, 2.75) is 6.04 Å². The van der Waals surface area contributed by atoms with Gasteiger partial charge in [0.25, 0.3) is 0 Å². The van der Waals surface area contributed by atoms with Crippen LogP contribution >= 0.6 is 27.3 Å². The van der Waals surface area contributed by atoms with Gasteiger partial charge >= 0.3 is 0 Å². The lowest BCUT2D eigenvalue weighted by Gasteiger charge is -2.06. The highest BCUT2D eigenvalue weighted by Gasteiger charge is 2.14. The van der Waals surface area contributed by atoms with E-state index in [0.717, 1.165) is 9.35 Å². The second-order valence-corrected chi connectivity index (χ2v) is 6.91. The van der Waals surface area contributed by atoms with Crippen molar-refractivity contribution in [1.29, 1.82) is 0 Å². The average Bonchev–Trinajstić information content (AvgIpc) is 2.31. The molecule has 0 aliphatic rings. The molecule has 0 fully saturated rings. The molecule has 0 bridgehead atoms. The molecule has 0 saturated heterocycles. The van der Waals surface area contributed by atoms with Crippen LogP contribution in [0.25, 0.3) is 0 Å². The van der Waals surface area contributed by atoms with Crippen molar-refractivity contribution in [3.8, 4) is 0 Å². The summed E-state index contributed by atoms with van der Waals surface area (Å²) >= 11 is 4.75. The summed E-state index contributed by atoms with van der Waals surface area (Å²) in [5.74, 6) is -0.0000463. The van der Waals surface area contributed by atoms with E-state index in [1.165, 1.54) is 17.6 Å². The lowest BCUT2D eigenvalue weighted by Crippen LogP contribution is -2.19. The third-order valence-electron chi connectivity index (χ3n) is 1.44. The summed E-state index contributed by atoms with van der Waals surface area (Å²) in [6, 6.07) is 1.44. The number of rotatable bonds is 3. The summed E-state index contributed by atoms with van der Waals surface area (Å²) < 4.78 is 22.8. The molecule has 1 heterocycles. The topological polar surface area (TPSA) is 60.2 Å². The molecule has 0 radical (unpaired) electrons. The fourth-order valence-electron chi connectivity index (χ4n) is 0.931. The SMILES string of the molecule is CS(=O)(=O)CC(N)c1cc(Br)cs1. The van der Waals surface area contributed by atoms with Crippen LogP contribution in [0, 0.1) is 0 Å². The number of thiophene rings is 1. The number of sulfone groups is 1. The van der Waals surface area contributed by atoms with Gasteiger partial charge in [0, 0.05) is 21.0 Å². The van der Waals surface area contributed by atoms with Crippen LogP contribution in [0.15, 0.2) is 15.9 Å². The van der Waals surface area contributed by atoms with E-state index in [-0.39, 0.29) is 5.75 Å². The lowest BCUT2D eigenvalue weighted by atomic mass is 10.3. The van der Waals surface area contributed by atoms with E-state index in [1.807, 2.05) is 11.4 Å². The molecule has 3 nitrogen and oxygen atoms in total. The van der Waals surface area contributed by atoms with Crippen molar-refractivity contribution >= 4 is 37.1 Å². The van der Waals surface area contributed by atoms with E-state index in [1.54, 1.807) is 0 Å². The van der Waals surface area contributed by atoms with Gasteiger partial charge in [-0.25, -0.2) is 8.42 Å². The highest BCUT2D eigenvalue weighted by molar-refractivity contribution is 9.10. The van der Waals surface area contributed by atoms with Gasteiger partial charge in [0.1, 0.15) is 9.84 Å². The monoisotopic (exact) mass is 283 g/mol. The normalized spacial score (nSPS) is 14.4. The summed E-state index contributed by atoms with van der Waals surface area (Å²) in [4.78, 5) is 0.886. The third-order valence-corrected chi connectivity index (χ3v) is 4.23. The standard InChI is InChI=1S/C7H10BrNO2S2/c1-13(10,11)4-6(9)7-2-5(8)3-12-7/h2-3,6H,4,9H2,1H3. The fourth-order valence-corrected chi connectivity index (χ4v) is 3.32. The van der Waals surface area contributed by atoms with Crippen LogP contribution in [0.4, 0.5) is 0 Å². The van der Waals surface area contributed by atoms with E-state index in [4.69, 9.17) is 5.73 Å². The molecule has 0 spiro atoms. The zero-order valence-corrected chi connectivity index (χ0v) is 10.2. The smallest absolute Gasteiger partial charge is 0.149 e. The third kappa shape index (κ3) is 3.76. The largest absolute Gasteiger partial charge is 0.322 e. The molecule has 0 aliphatic heterocycles. The molecule has 0 saturated carbocycles. The molecule has 1 rings (SSSR count). The molecule has 1 aromatic heterocycles. The Balaban J connectivity index is 2.75.